The average Bonchev–Trinajstić information content (AvgIpc) is 3.60. The zero-order valence-electron chi connectivity index (χ0n) is 22.3. The third-order valence-corrected chi connectivity index (χ3v) is 8.11. The highest BCUT2D eigenvalue weighted by Crippen LogP contribution is 2.25. The van der Waals surface area contributed by atoms with E-state index in [0.29, 0.717) is 28.6 Å². The van der Waals surface area contributed by atoms with Crippen LogP contribution in [0.5, 0.6) is 0 Å². The molecule has 11 nitrogen and oxygen atoms in total. The van der Waals surface area contributed by atoms with E-state index in [1.54, 1.807) is 6.20 Å². The molecule has 0 saturated carbocycles. The number of nitrogens with one attached hydrogen (secondary N) is 3. The van der Waals surface area contributed by atoms with Gasteiger partial charge in [0.15, 0.2) is 6.39 Å². The van der Waals surface area contributed by atoms with E-state index < -0.39 is 9.84 Å². The lowest BCUT2D eigenvalue weighted by atomic mass is 9.94. The van der Waals surface area contributed by atoms with Crippen molar-refractivity contribution in [2.45, 2.75) is 56.7 Å². The van der Waals surface area contributed by atoms with Crippen molar-refractivity contribution >= 4 is 38.2 Å². The summed E-state index contributed by atoms with van der Waals surface area (Å²) in [5.74, 6) is 0.361. The molecule has 4 aromatic rings. The molecule has 1 atom stereocenters. The minimum Gasteiger partial charge on any atom is -0.432 e. The summed E-state index contributed by atoms with van der Waals surface area (Å²) in [5, 5.41) is 10.5. The minimum absolute atomic E-state index is 0.0461. The average molecular weight is 552 g/mol. The lowest BCUT2D eigenvalue weighted by Crippen LogP contribution is -2.27. The number of nitrogens with zero attached hydrogens (tertiary/aromatic N) is 4. The Kier molecular flexibility index (Phi) is 7.67. The Morgan fingerprint density at radius 2 is 1.90 bits per heavy atom. The fourth-order valence-electron chi connectivity index (χ4n) is 5.02. The van der Waals surface area contributed by atoms with Crippen LogP contribution in [-0.2, 0) is 16.4 Å². The molecule has 0 radical (unpaired) electrons. The van der Waals surface area contributed by atoms with Crippen LogP contribution in [-0.4, -0.2) is 53.3 Å². The first kappa shape index (κ1) is 26.8. The van der Waals surface area contributed by atoms with Crippen molar-refractivity contribution in [1.29, 1.82) is 0 Å². The van der Waals surface area contributed by atoms with E-state index in [1.807, 2.05) is 44.2 Å². The van der Waals surface area contributed by atoms with Gasteiger partial charge in [-0.15, -0.1) is 0 Å². The van der Waals surface area contributed by atoms with Gasteiger partial charge in [0.2, 0.25) is 20.9 Å². The summed E-state index contributed by atoms with van der Waals surface area (Å²) in [6.07, 6.45) is 6.47. The lowest BCUT2D eigenvalue weighted by Gasteiger charge is -2.17. The van der Waals surface area contributed by atoms with Gasteiger partial charge in [0.1, 0.15) is 11.3 Å². The van der Waals surface area contributed by atoms with Gasteiger partial charge >= 0.3 is 0 Å². The van der Waals surface area contributed by atoms with Gasteiger partial charge in [-0.2, -0.15) is 4.98 Å². The molecule has 1 saturated heterocycles. The topological polar surface area (TPSA) is 144 Å². The van der Waals surface area contributed by atoms with E-state index in [2.05, 4.69) is 30.9 Å². The standard InChI is InChI=1S/C27H33N7O4S/c1-4-17(5-2)22-12-18-13-29-27(32-20-8-6-19(7-9-20)31-21-10-11-28-14-21)33-24(18)34(25(22)35)15-23-26(38-16-30-23)39(3,36)37/h6-9,12-13,16-17,21,28,31H,4-5,10-11,14-15H2,1-3H3,(H,29,32,33). The Morgan fingerprint density at radius 1 is 1.15 bits per heavy atom. The molecule has 12 heteroatoms. The van der Waals surface area contributed by atoms with Crippen molar-refractivity contribution in [3.8, 4) is 0 Å². The monoisotopic (exact) mass is 551 g/mol. The van der Waals surface area contributed by atoms with E-state index in [1.165, 1.54) is 4.57 Å². The van der Waals surface area contributed by atoms with Crippen LogP contribution < -0.4 is 21.5 Å². The van der Waals surface area contributed by atoms with Gasteiger partial charge < -0.3 is 20.4 Å². The van der Waals surface area contributed by atoms with Gasteiger partial charge in [0.25, 0.3) is 5.56 Å². The molecule has 0 aliphatic carbocycles. The highest BCUT2D eigenvalue weighted by molar-refractivity contribution is 7.90. The number of oxazole rings is 1. The normalized spacial score (nSPS) is 15.7. The second kappa shape index (κ2) is 11.1. The molecule has 1 unspecified atom stereocenters. The number of anilines is 3. The Bertz CT molecular complexity index is 1620. The summed E-state index contributed by atoms with van der Waals surface area (Å²) in [7, 11) is -3.67. The molecule has 1 fully saturated rings. The van der Waals surface area contributed by atoms with Crippen molar-refractivity contribution in [2.24, 2.45) is 0 Å². The lowest BCUT2D eigenvalue weighted by molar-refractivity contribution is 0.442. The molecule has 0 bridgehead atoms. The first-order valence-electron chi connectivity index (χ1n) is 13.1. The number of pyridine rings is 1. The van der Waals surface area contributed by atoms with Crippen molar-refractivity contribution in [1.82, 2.24) is 24.8 Å². The van der Waals surface area contributed by atoms with Crippen LogP contribution in [0, 0.1) is 0 Å². The summed E-state index contributed by atoms with van der Waals surface area (Å²) in [5.41, 5.74) is 2.76. The van der Waals surface area contributed by atoms with Gasteiger partial charge in [-0.3, -0.25) is 9.36 Å². The number of hydrogen-bond donors (Lipinski definition) is 3. The zero-order chi connectivity index (χ0) is 27.6. The second-order valence-corrected chi connectivity index (χ2v) is 11.8. The molecule has 0 spiro atoms. The Labute approximate surface area is 227 Å². The first-order chi connectivity index (χ1) is 18.8. The largest absolute Gasteiger partial charge is 0.432 e. The van der Waals surface area contributed by atoms with E-state index in [-0.39, 0.29) is 28.8 Å². The molecule has 5 rings (SSSR count). The number of sulfone groups is 1. The van der Waals surface area contributed by atoms with Crippen LogP contribution in [0.25, 0.3) is 11.0 Å². The van der Waals surface area contributed by atoms with Crippen LogP contribution in [0.1, 0.15) is 50.3 Å². The molecule has 1 aliphatic rings. The van der Waals surface area contributed by atoms with Crippen LogP contribution >= 0.6 is 0 Å². The Balaban J connectivity index is 1.51. The van der Waals surface area contributed by atoms with Crippen LogP contribution in [0.3, 0.4) is 0 Å². The van der Waals surface area contributed by atoms with E-state index in [4.69, 9.17) is 4.42 Å². The molecule has 39 heavy (non-hydrogen) atoms. The molecule has 3 aromatic heterocycles. The maximum absolute atomic E-state index is 13.7. The third-order valence-electron chi connectivity index (χ3n) is 7.10. The van der Waals surface area contributed by atoms with Crippen LogP contribution in [0.4, 0.5) is 17.3 Å². The molecular weight excluding hydrogens is 518 g/mol. The van der Waals surface area contributed by atoms with E-state index in [9.17, 15) is 13.2 Å². The highest BCUT2D eigenvalue weighted by atomic mass is 32.2. The van der Waals surface area contributed by atoms with Gasteiger partial charge in [0, 0.05) is 47.4 Å². The number of rotatable bonds is 10. The fourth-order valence-corrected chi connectivity index (χ4v) is 5.78. The predicted octanol–water partition coefficient (Wildman–Crippen LogP) is 3.65. The first-order valence-corrected chi connectivity index (χ1v) is 15.0. The molecule has 1 aliphatic heterocycles. The van der Waals surface area contributed by atoms with E-state index >= 15 is 0 Å². The summed E-state index contributed by atoms with van der Waals surface area (Å²) >= 11 is 0. The van der Waals surface area contributed by atoms with Gasteiger partial charge in [-0.1, -0.05) is 13.8 Å². The summed E-state index contributed by atoms with van der Waals surface area (Å²) in [6.45, 7) is 5.95. The highest BCUT2D eigenvalue weighted by Gasteiger charge is 2.23. The van der Waals surface area contributed by atoms with Crippen molar-refractivity contribution in [3.05, 3.63) is 64.5 Å². The molecule has 3 N–H and O–H groups in total. The number of benzene rings is 1. The van der Waals surface area contributed by atoms with Crippen LogP contribution in [0.2, 0.25) is 0 Å². The fraction of sp³-hybridized carbons (Fsp3) is 0.407. The summed E-state index contributed by atoms with van der Waals surface area (Å²) in [4.78, 5) is 27.0. The van der Waals surface area contributed by atoms with Gasteiger partial charge in [-0.05, 0) is 62.1 Å². The third kappa shape index (κ3) is 5.81. The zero-order valence-corrected chi connectivity index (χ0v) is 23.1. The minimum atomic E-state index is -3.67. The second-order valence-electron chi connectivity index (χ2n) is 9.87. The summed E-state index contributed by atoms with van der Waals surface area (Å²) < 4.78 is 31.1. The van der Waals surface area contributed by atoms with Crippen molar-refractivity contribution in [3.63, 3.8) is 0 Å². The Morgan fingerprint density at radius 3 is 2.56 bits per heavy atom. The molecule has 206 valence electrons. The molecule has 1 aromatic carbocycles. The Hall–Kier alpha value is -3.77. The SMILES string of the molecule is CCC(CC)c1cc2cnc(Nc3ccc(NC4CCNC4)cc3)nc2n(Cc2ncoc2S(C)(=O)=O)c1=O. The van der Waals surface area contributed by atoms with E-state index in [0.717, 1.165) is 56.4 Å². The maximum Gasteiger partial charge on any atom is 0.256 e. The number of aromatic nitrogens is 4. The number of fused-ring (bicyclic) bond motifs is 1. The number of hydrogen-bond acceptors (Lipinski definition) is 10. The quantitative estimate of drug-likeness (QED) is 0.267. The smallest absolute Gasteiger partial charge is 0.256 e. The summed E-state index contributed by atoms with van der Waals surface area (Å²) in [6, 6.07) is 10.1. The molecule has 0 amide bonds. The van der Waals surface area contributed by atoms with Gasteiger partial charge in [-0.25, -0.2) is 18.4 Å². The maximum atomic E-state index is 13.7. The van der Waals surface area contributed by atoms with Crippen molar-refractivity contribution < 1.29 is 12.8 Å². The van der Waals surface area contributed by atoms with Crippen LogP contribution in [0.15, 0.2) is 57.2 Å². The molecule has 4 heterocycles. The predicted molar refractivity (Wildman–Crippen MR) is 150 cm³/mol. The molecular formula is C27H33N7O4S. The van der Waals surface area contributed by atoms with Crippen molar-refractivity contribution in [2.75, 3.05) is 30.0 Å². The van der Waals surface area contributed by atoms with Gasteiger partial charge in [0.05, 0.1) is 6.54 Å².